The minimum atomic E-state index is 0.0334. The summed E-state index contributed by atoms with van der Waals surface area (Å²) in [5, 5.41) is 4.25. The molecule has 0 atom stereocenters. The summed E-state index contributed by atoms with van der Waals surface area (Å²) in [6, 6.07) is 12.2. The van der Waals surface area contributed by atoms with Crippen LogP contribution in [0.25, 0.3) is 11.0 Å². The van der Waals surface area contributed by atoms with E-state index in [9.17, 15) is 4.79 Å². The van der Waals surface area contributed by atoms with Crippen LogP contribution in [0.1, 0.15) is 64.8 Å². The first-order valence-corrected chi connectivity index (χ1v) is 12.6. The molecule has 0 amide bonds. The van der Waals surface area contributed by atoms with E-state index in [4.69, 9.17) is 4.98 Å². The zero-order valence-electron chi connectivity index (χ0n) is 19.8. The van der Waals surface area contributed by atoms with Gasteiger partial charge in [0.25, 0.3) is 5.56 Å². The molecule has 1 N–H and O–H groups in total. The van der Waals surface area contributed by atoms with E-state index in [1.165, 1.54) is 37.8 Å². The summed E-state index contributed by atoms with van der Waals surface area (Å²) in [5.74, 6) is 1.99. The number of hydrogen-bond donors (Lipinski definition) is 1. The third-order valence-corrected chi connectivity index (χ3v) is 7.56. The van der Waals surface area contributed by atoms with E-state index in [1.54, 1.807) is 6.07 Å². The molecule has 3 aromatic rings. The van der Waals surface area contributed by atoms with Crippen molar-refractivity contribution in [1.82, 2.24) is 14.5 Å². The van der Waals surface area contributed by atoms with Crippen molar-refractivity contribution in [2.24, 2.45) is 11.8 Å². The Bertz CT molecular complexity index is 1140. The molecule has 6 nitrogen and oxygen atoms in total. The van der Waals surface area contributed by atoms with Gasteiger partial charge in [0, 0.05) is 48.2 Å². The predicted molar refractivity (Wildman–Crippen MR) is 135 cm³/mol. The van der Waals surface area contributed by atoms with Crippen molar-refractivity contribution >= 4 is 28.4 Å². The normalized spacial score (nSPS) is 21.5. The number of fused-ring (bicyclic) bond motifs is 1. The van der Waals surface area contributed by atoms with Gasteiger partial charge in [-0.3, -0.25) is 9.36 Å². The van der Waals surface area contributed by atoms with Crippen molar-refractivity contribution in [3.8, 4) is 0 Å². The highest BCUT2D eigenvalue weighted by Crippen LogP contribution is 2.36. The second kappa shape index (κ2) is 9.54. The smallest absolute Gasteiger partial charge is 0.252 e. The highest BCUT2D eigenvalue weighted by atomic mass is 16.1. The lowest BCUT2D eigenvalue weighted by Gasteiger charge is -2.32. The van der Waals surface area contributed by atoms with Crippen LogP contribution in [-0.2, 0) is 0 Å². The molecule has 0 radical (unpaired) electrons. The summed E-state index contributed by atoms with van der Waals surface area (Å²) in [4.78, 5) is 24.7. The summed E-state index contributed by atoms with van der Waals surface area (Å²) in [5.41, 5.74) is 2.99. The minimum Gasteiger partial charge on any atom is -0.372 e. The Labute approximate surface area is 196 Å². The molecule has 1 saturated carbocycles. The molecule has 6 heteroatoms. The lowest BCUT2D eigenvalue weighted by Crippen LogP contribution is -2.29. The molecule has 3 heterocycles. The van der Waals surface area contributed by atoms with Gasteiger partial charge >= 0.3 is 0 Å². The first-order valence-electron chi connectivity index (χ1n) is 12.6. The van der Waals surface area contributed by atoms with Crippen LogP contribution in [-0.4, -0.2) is 27.6 Å². The third kappa shape index (κ3) is 4.75. The molecule has 174 valence electrons. The fourth-order valence-corrected chi connectivity index (χ4v) is 5.51. The summed E-state index contributed by atoms with van der Waals surface area (Å²) < 4.78 is 1.91. The number of pyridine rings is 1. The molecule has 0 bridgehead atoms. The van der Waals surface area contributed by atoms with Crippen LogP contribution in [0, 0.1) is 11.8 Å². The Hall–Kier alpha value is -2.89. The average Bonchev–Trinajstić information content (AvgIpc) is 2.85. The minimum absolute atomic E-state index is 0.0334. The van der Waals surface area contributed by atoms with Crippen molar-refractivity contribution in [2.45, 2.75) is 64.8 Å². The van der Waals surface area contributed by atoms with Crippen LogP contribution in [0.5, 0.6) is 0 Å². The molecule has 1 saturated heterocycles. The van der Waals surface area contributed by atoms with E-state index in [0.29, 0.717) is 11.9 Å². The maximum atomic E-state index is 12.9. The second-order valence-electron chi connectivity index (χ2n) is 10.0. The predicted octanol–water partition coefficient (Wildman–Crippen LogP) is 5.91. The average molecular weight is 446 g/mol. The third-order valence-electron chi connectivity index (χ3n) is 7.56. The monoisotopic (exact) mass is 445 g/mol. The zero-order valence-corrected chi connectivity index (χ0v) is 19.8. The van der Waals surface area contributed by atoms with Crippen LogP contribution >= 0.6 is 0 Å². The van der Waals surface area contributed by atoms with E-state index in [1.807, 2.05) is 16.8 Å². The number of hydrogen-bond acceptors (Lipinski definition) is 5. The number of rotatable bonds is 5. The van der Waals surface area contributed by atoms with Crippen molar-refractivity contribution in [2.75, 3.05) is 23.3 Å². The fraction of sp³-hybridized carbons (Fsp3) is 0.519. The molecule has 1 aliphatic carbocycles. The second-order valence-corrected chi connectivity index (χ2v) is 10.0. The number of anilines is 3. The summed E-state index contributed by atoms with van der Waals surface area (Å²) in [6.45, 7) is 6.88. The van der Waals surface area contributed by atoms with Gasteiger partial charge in [0.1, 0.15) is 5.65 Å². The Morgan fingerprint density at radius 1 is 0.939 bits per heavy atom. The Morgan fingerprint density at radius 3 is 2.36 bits per heavy atom. The molecule has 33 heavy (non-hydrogen) atoms. The lowest BCUT2D eigenvalue weighted by atomic mass is 9.79. The Morgan fingerprint density at radius 2 is 1.67 bits per heavy atom. The highest BCUT2D eigenvalue weighted by molar-refractivity contribution is 5.76. The maximum absolute atomic E-state index is 12.9. The summed E-state index contributed by atoms with van der Waals surface area (Å²) >= 11 is 0. The number of nitrogens with zero attached hydrogens (tertiary/aromatic N) is 4. The van der Waals surface area contributed by atoms with Crippen molar-refractivity contribution in [3.05, 3.63) is 52.9 Å². The van der Waals surface area contributed by atoms with Crippen LogP contribution in [0.4, 0.5) is 17.3 Å². The maximum Gasteiger partial charge on any atom is 0.252 e. The number of aromatic nitrogens is 3. The standard InChI is InChI=1S/C27H35N5O/c1-19(2)20-6-11-24(12-7-20)32-25(33)15-8-21-18-28-27(30-26(21)32)29-22-9-13-23(14-10-22)31-16-4-3-5-17-31/h8-10,13-15,18-20,24H,3-7,11-12,16-17H2,1-2H3,(H,28,29,30). The number of piperidine rings is 1. The first kappa shape index (κ1) is 21.9. The van der Waals surface area contributed by atoms with Gasteiger partial charge in [-0.15, -0.1) is 0 Å². The van der Waals surface area contributed by atoms with Gasteiger partial charge in [-0.2, -0.15) is 4.98 Å². The van der Waals surface area contributed by atoms with E-state index < -0.39 is 0 Å². The molecule has 2 aromatic heterocycles. The van der Waals surface area contributed by atoms with Gasteiger partial charge in [0.2, 0.25) is 5.95 Å². The van der Waals surface area contributed by atoms with Crippen LogP contribution in [0.15, 0.2) is 47.4 Å². The molecule has 1 aliphatic heterocycles. The molecular formula is C27H35N5O. The van der Waals surface area contributed by atoms with Gasteiger partial charge in [-0.25, -0.2) is 4.98 Å². The van der Waals surface area contributed by atoms with Crippen molar-refractivity contribution in [3.63, 3.8) is 0 Å². The number of nitrogens with one attached hydrogen (secondary N) is 1. The van der Waals surface area contributed by atoms with Crippen LogP contribution < -0.4 is 15.8 Å². The molecule has 0 unspecified atom stereocenters. The van der Waals surface area contributed by atoms with Gasteiger partial charge in [0.05, 0.1) is 0 Å². The number of benzene rings is 1. The van der Waals surface area contributed by atoms with E-state index in [-0.39, 0.29) is 11.6 Å². The van der Waals surface area contributed by atoms with Gasteiger partial charge in [-0.05, 0) is 87.1 Å². The van der Waals surface area contributed by atoms with Gasteiger partial charge in [-0.1, -0.05) is 13.8 Å². The summed E-state index contributed by atoms with van der Waals surface area (Å²) in [7, 11) is 0. The Balaban J connectivity index is 1.38. The van der Waals surface area contributed by atoms with E-state index in [0.717, 1.165) is 48.6 Å². The van der Waals surface area contributed by atoms with E-state index >= 15 is 0 Å². The largest absolute Gasteiger partial charge is 0.372 e. The van der Waals surface area contributed by atoms with Crippen LogP contribution in [0.2, 0.25) is 0 Å². The quantitative estimate of drug-likeness (QED) is 0.529. The van der Waals surface area contributed by atoms with E-state index in [2.05, 4.69) is 53.3 Å². The Kier molecular flexibility index (Phi) is 6.34. The molecule has 2 aliphatic rings. The SMILES string of the molecule is CC(C)C1CCC(n2c(=O)ccc3cnc(Nc4ccc(N5CCCCC5)cc4)nc32)CC1. The molecule has 0 spiro atoms. The first-order chi connectivity index (χ1) is 16.1. The van der Waals surface area contributed by atoms with Crippen molar-refractivity contribution < 1.29 is 0 Å². The molecular weight excluding hydrogens is 410 g/mol. The van der Waals surface area contributed by atoms with Crippen molar-refractivity contribution in [1.29, 1.82) is 0 Å². The lowest BCUT2D eigenvalue weighted by molar-refractivity contribution is 0.226. The zero-order chi connectivity index (χ0) is 22.8. The molecule has 1 aromatic carbocycles. The highest BCUT2D eigenvalue weighted by Gasteiger charge is 2.26. The topological polar surface area (TPSA) is 63.1 Å². The summed E-state index contributed by atoms with van der Waals surface area (Å²) in [6.07, 6.45) is 10.1. The van der Waals surface area contributed by atoms with Crippen LogP contribution in [0.3, 0.4) is 0 Å². The fourth-order valence-electron chi connectivity index (χ4n) is 5.51. The van der Waals surface area contributed by atoms with Gasteiger partial charge in [0.15, 0.2) is 0 Å². The van der Waals surface area contributed by atoms with Gasteiger partial charge < -0.3 is 10.2 Å². The molecule has 2 fully saturated rings. The molecule has 5 rings (SSSR count).